The van der Waals surface area contributed by atoms with Crippen molar-refractivity contribution in [1.82, 2.24) is 5.32 Å². The van der Waals surface area contributed by atoms with Crippen LogP contribution in [0.5, 0.6) is 0 Å². The minimum Gasteiger partial charge on any atom is -0.449 e. The largest absolute Gasteiger partial charge is 0.449 e. The van der Waals surface area contributed by atoms with E-state index in [2.05, 4.69) is 12.2 Å². The molecule has 1 N–H and O–H groups in total. The zero-order chi connectivity index (χ0) is 15.6. The minimum atomic E-state index is -0.309. The van der Waals surface area contributed by atoms with E-state index in [1.54, 1.807) is 17.0 Å². The number of nitrogens with one attached hydrogen (secondary N) is 1. The summed E-state index contributed by atoms with van der Waals surface area (Å²) in [5, 5.41) is 3.34. The van der Waals surface area contributed by atoms with Crippen molar-refractivity contribution in [3.8, 4) is 0 Å². The van der Waals surface area contributed by atoms with Gasteiger partial charge in [-0.05, 0) is 56.1 Å². The van der Waals surface area contributed by atoms with Crippen LogP contribution >= 0.6 is 0 Å². The second kappa shape index (κ2) is 6.24. The normalized spacial score (nSPS) is 19.3. The summed E-state index contributed by atoms with van der Waals surface area (Å²) >= 11 is 0. The average Bonchev–Trinajstić information content (AvgIpc) is 2.82. The molecule has 1 aromatic rings. The van der Waals surface area contributed by atoms with Crippen LogP contribution in [-0.4, -0.2) is 32.3 Å². The summed E-state index contributed by atoms with van der Waals surface area (Å²) < 4.78 is 19.1. The highest BCUT2D eigenvalue weighted by Crippen LogP contribution is 2.46. The van der Waals surface area contributed by atoms with Gasteiger partial charge in [-0.2, -0.15) is 0 Å². The Morgan fingerprint density at radius 3 is 2.91 bits per heavy atom. The maximum Gasteiger partial charge on any atom is 0.414 e. The zero-order valence-corrected chi connectivity index (χ0v) is 13.0. The van der Waals surface area contributed by atoms with Gasteiger partial charge in [-0.1, -0.05) is 13.3 Å². The molecule has 2 heterocycles. The molecule has 5 heteroatoms. The monoisotopic (exact) mass is 306 g/mol. The Kier molecular flexibility index (Phi) is 4.34. The first-order chi connectivity index (χ1) is 10.7. The number of carbonyl (C=O) groups is 1. The topological polar surface area (TPSA) is 41.6 Å². The lowest BCUT2D eigenvalue weighted by atomic mass is 9.75. The third-order valence-corrected chi connectivity index (χ3v) is 4.79. The number of fused-ring (bicyclic) bond motifs is 2. The van der Waals surface area contributed by atoms with E-state index in [4.69, 9.17) is 4.74 Å². The van der Waals surface area contributed by atoms with Gasteiger partial charge in [0, 0.05) is 12.0 Å². The second-order valence-electron chi connectivity index (χ2n) is 6.25. The summed E-state index contributed by atoms with van der Waals surface area (Å²) in [6.07, 6.45) is 3.39. The molecule has 0 unspecified atom stereocenters. The molecule has 1 saturated heterocycles. The van der Waals surface area contributed by atoms with Crippen LogP contribution < -0.4 is 10.2 Å². The van der Waals surface area contributed by atoms with Crippen LogP contribution in [0, 0.1) is 5.82 Å². The standard InChI is InChI=1S/C17H23FN2O2/c1-2-3-10-22-16(21)20-12-17(6-8-19-9-7-17)14-11-13(18)4-5-15(14)20/h4-5,11,19H,2-3,6-10,12H2,1H3. The number of hydrogen-bond acceptors (Lipinski definition) is 3. The molecule has 0 radical (unpaired) electrons. The molecule has 120 valence electrons. The van der Waals surface area contributed by atoms with E-state index in [0.717, 1.165) is 50.0 Å². The van der Waals surface area contributed by atoms with E-state index in [1.165, 1.54) is 6.07 Å². The third kappa shape index (κ3) is 2.70. The highest BCUT2D eigenvalue weighted by molar-refractivity contribution is 5.91. The molecule has 1 aromatic carbocycles. The molecule has 0 aliphatic carbocycles. The summed E-state index contributed by atoms with van der Waals surface area (Å²) in [5.74, 6) is -0.238. The molecule has 2 aliphatic rings. The van der Waals surface area contributed by atoms with Crippen molar-refractivity contribution < 1.29 is 13.9 Å². The number of anilines is 1. The van der Waals surface area contributed by atoms with Gasteiger partial charge in [-0.25, -0.2) is 9.18 Å². The van der Waals surface area contributed by atoms with Crippen LogP contribution in [0.2, 0.25) is 0 Å². The number of unbranched alkanes of at least 4 members (excludes halogenated alkanes) is 1. The van der Waals surface area contributed by atoms with E-state index in [-0.39, 0.29) is 17.3 Å². The molecule has 0 saturated carbocycles. The molecule has 0 atom stereocenters. The number of amides is 1. The highest BCUT2D eigenvalue weighted by Gasteiger charge is 2.45. The van der Waals surface area contributed by atoms with E-state index in [9.17, 15) is 9.18 Å². The summed E-state index contributed by atoms with van der Waals surface area (Å²) in [7, 11) is 0. The smallest absolute Gasteiger partial charge is 0.414 e. The van der Waals surface area contributed by atoms with E-state index in [0.29, 0.717) is 13.2 Å². The van der Waals surface area contributed by atoms with Crippen LogP contribution in [0.3, 0.4) is 0 Å². The first-order valence-corrected chi connectivity index (χ1v) is 8.11. The van der Waals surface area contributed by atoms with Gasteiger partial charge in [0.25, 0.3) is 0 Å². The van der Waals surface area contributed by atoms with Gasteiger partial charge in [0.05, 0.1) is 12.3 Å². The molecule has 4 nitrogen and oxygen atoms in total. The predicted octanol–water partition coefficient (Wildman–Crippen LogP) is 3.20. The number of hydrogen-bond donors (Lipinski definition) is 1. The maximum atomic E-state index is 13.7. The van der Waals surface area contributed by atoms with Crippen molar-refractivity contribution in [2.75, 3.05) is 31.1 Å². The molecule has 2 aliphatic heterocycles. The second-order valence-corrected chi connectivity index (χ2v) is 6.25. The molecule has 0 aromatic heterocycles. The van der Waals surface area contributed by atoms with Crippen molar-refractivity contribution in [1.29, 1.82) is 0 Å². The molecule has 0 bridgehead atoms. The Labute approximate surface area is 130 Å². The lowest BCUT2D eigenvalue weighted by Crippen LogP contribution is -2.44. The number of carbonyl (C=O) groups excluding carboxylic acids is 1. The van der Waals surface area contributed by atoms with Gasteiger partial charge in [0.1, 0.15) is 5.82 Å². The Morgan fingerprint density at radius 1 is 1.41 bits per heavy atom. The SMILES string of the molecule is CCCCOC(=O)N1CC2(CCNCC2)c2cc(F)ccc21. The molecular formula is C17H23FN2O2. The fourth-order valence-electron chi connectivity index (χ4n) is 3.52. The van der Waals surface area contributed by atoms with E-state index in [1.807, 2.05) is 0 Å². The summed E-state index contributed by atoms with van der Waals surface area (Å²) in [5.41, 5.74) is 1.64. The Bertz CT molecular complexity index is 556. The van der Waals surface area contributed by atoms with Gasteiger partial charge in [-0.3, -0.25) is 4.90 Å². The Hall–Kier alpha value is -1.62. The first kappa shape index (κ1) is 15.3. The molecule has 22 heavy (non-hydrogen) atoms. The lowest BCUT2D eigenvalue weighted by Gasteiger charge is -2.34. The van der Waals surface area contributed by atoms with E-state index < -0.39 is 0 Å². The van der Waals surface area contributed by atoms with Crippen molar-refractivity contribution in [3.63, 3.8) is 0 Å². The predicted molar refractivity (Wildman–Crippen MR) is 83.8 cm³/mol. The highest BCUT2D eigenvalue weighted by atomic mass is 19.1. The number of rotatable bonds is 3. The van der Waals surface area contributed by atoms with Gasteiger partial charge >= 0.3 is 6.09 Å². The van der Waals surface area contributed by atoms with Crippen LogP contribution in [0.1, 0.15) is 38.2 Å². The zero-order valence-electron chi connectivity index (χ0n) is 13.0. The summed E-state index contributed by atoms with van der Waals surface area (Å²) in [6, 6.07) is 4.73. The van der Waals surface area contributed by atoms with E-state index >= 15 is 0 Å². The van der Waals surface area contributed by atoms with Crippen LogP contribution in [-0.2, 0) is 10.2 Å². The molecule has 1 amide bonds. The summed E-state index contributed by atoms with van der Waals surface area (Å²) in [6.45, 7) is 4.89. The Balaban J connectivity index is 1.87. The minimum absolute atomic E-state index is 0.132. The number of nitrogens with zero attached hydrogens (tertiary/aromatic N) is 1. The van der Waals surface area contributed by atoms with Crippen molar-refractivity contribution >= 4 is 11.8 Å². The maximum absolute atomic E-state index is 13.7. The van der Waals surface area contributed by atoms with Crippen molar-refractivity contribution in [3.05, 3.63) is 29.6 Å². The summed E-state index contributed by atoms with van der Waals surface area (Å²) in [4.78, 5) is 14.1. The quantitative estimate of drug-likeness (QED) is 0.872. The van der Waals surface area contributed by atoms with Crippen molar-refractivity contribution in [2.24, 2.45) is 0 Å². The Morgan fingerprint density at radius 2 is 2.18 bits per heavy atom. The molecule has 1 spiro atoms. The fraction of sp³-hybridized carbons (Fsp3) is 0.588. The van der Waals surface area contributed by atoms with Gasteiger partial charge < -0.3 is 10.1 Å². The van der Waals surface area contributed by atoms with Gasteiger partial charge in [0.2, 0.25) is 0 Å². The first-order valence-electron chi connectivity index (χ1n) is 8.11. The molecule has 3 rings (SSSR count). The number of halogens is 1. The van der Waals surface area contributed by atoms with Crippen molar-refractivity contribution in [2.45, 2.75) is 38.0 Å². The molecule has 1 fully saturated rings. The van der Waals surface area contributed by atoms with Crippen LogP contribution in [0.25, 0.3) is 0 Å². The lowest BCUT2D eigenvalue weighted by molar-refractivity contribution is 0.150. The third-order valence-electron chi connectivity index (χ3n) is 4.79. The number of piperidine rings is 1. The molecular weight excluding hydrogens is 283 g/mol. The average molecular weight is 306 g/mol. The van der Waals surface area contributed by atoms with Crippen LogP contribution in [0.4, 0.5) is 14.9 Å². The van der Waals surface area contributed by atoms with Gasteiger partial charge in [-0.15, -0.1) is 0 Å². The van der Waals surface area contributed by atoms with Gasteiger partial charge in [0.15, 0.2) is 0 Å². The number of ether oxygens (including phenoxy) is 1. The fourth-order valence-corrected chi connectivity index (χ4v) is 3.52. The number of benzene rings is 1. The van der Waals surface area contributed by atoms with Crippen LogP contribution in [0.15, 0.2) is 18.2 Å².